The molecule has 10 nitrogen and oxygen atoms in total. The maximum Gasteiger partial charge on any atom is 0.263 e. The van der Waals surface area contributed by atoms with Gasteiger partial charge in [-0.05, 0) is 25.0 Å². The molecule has 0 spiro atoms. The van der Waals surface area contributed by atoms with Gasteiger partial charge in [-0.3, -0.25) is 4.79 Å². The number of ether oxygens (including phenoxy) is 1. The quantitative estimate of drug-likeness (QED) is 0.583. The van der Waals surface area contributed by atoms with Crippen molar-refractivity contribution >= 4 is 48.9 Å². The number of carbonyl (C=O) groups is 1. The van der Waals surface area contributed by atoms with E-state index in [0.717, 1.165) is 39.0 Å². The zero-order valence-corrected chi connectivity index (χ0v) is 18.8. The number of piperazine rings is 1. The lowest BCUT2D eigenvalue weighted by molar-refractivity contribution is -0.202. The fraction of sp³-hybridized carbons (Fsp3) is 0.667. The van der Waals surface area contributed by atoms with Gasteiger partial charge in [-0.25, -0.2) is 27.2 Å². The molecule has 2 atom stereocenters. The van der Waals surface area contributed by atoms with E-state index < -0.39 is 38.3 Å². The van der Waals surface area contributed by atoms with E-state index in [1.54, 1.807) is 0 Å². The van der Waals surface area contributed by atoms with Crippen LogP contribution in [0.15, 0.2) is 16.3 Å². The first kappa shape index (κ1) is 22.9. The lowest BCUT2D eigenvalue weighted by Gasteiger charge is -2.38. The Morgan fingerprint density at radius 3 is 2.62 bits per heavy atom. The molecule has 1 aromatic rings. The average molecular weight is 488 g/mol. The summed E-state index contributed by atoms with van der Waals surface area (Å²) in [6, 6.07) is 1.50. The molecule has 1 N–H and O–H groups in total. The number of hydroxylamine groups is 1. The Morgan fingerprint density at radius 1 is 1.28 bits per heavy atom. The van der Waals surface area contributed by atoms with Crippen LogP contribution in [0.4, 0.5) is 0 Å². The normalized spacial score (nSPS) is 25.0. The molecule has 0 unspecified atom stereocenters. The van der Waals surface area contributed by atoms with Crippen molar-refractivity contribution in [3.05, 3.63) is 16.5 Å². The van der Waals surface area contributed by atoms with Crippen LogP contribution in [0, 0.1) is 0 Å². The van der Waals surface area contributed by atoms with Crippen LogP contribution in [0.5, 0.6) is 0 Å². The predicted octanol–water partition coefficient (Wildman–Crippen LogP) is 0.610. The predicted molar refractivity (Wildman–Crippen MR) is 106 cm³/mol. The number of rotatable bonds is 6. The SMILES string of the molecule is CS(=O)(=O)N1CCN(S(=O)(=O)c2ccc(Cl)s2)[C@@H](C(=O)NO[C@@H]2CCCCO2)C1. The summed E-state index contributed by atoms with van der Waals surface area (Å²) in [6.45, 7) is -0.0557. The minimum Gasteiger partial charge on any atom is -0.350 e. The summed E-state index contributed by atoms with van der Waals surface area (Å²) in [6.07, 6.45) is 2.76. The number of amides is 1. The Kier molecular flexibility index (Phi) is 7.21. The van der Waals surface area contributed by atoms with E-state index in [-0.39, 0.29) is 28.2 Å². The summed E-state index contributed by atoms with van der Waals surface area (Å²) in [5.41, 5.74) is 2.24. The van der Waals surface area contributed by atoms with E-state index in [9.17, 15) is 21.6 Å². The van der Waals surface area contributed by atoms with Gasteiger partial charge in [0.25, 0.3) is 15.9 Å². The van der Waals surface area contributed by atoms with Crippen molar-refractivity contribution in [3.63, 3.8) is 0 Å². The molecule has 3 heterocycles. The van der Waals surface area contributed by atoms with Crippen LogP contribution in [-0.2, 0) is 34.4 Å². The van der Waals surface area contributed by atoms with Crippen LogP contribution in [0.1, 0.15) is 19.3 Å². The molecule has 1 aromatic heterocycles. The molecule has 1 amide bonds. The number of thiophene rings is 1. The smallest absolute Gasteiger partial charge is 0.263 e. The van der Waals surface area contributed by atoms with Crippen LogP contribution in [0.3, 0.4) is 0 Å². The number of hydrogen-bond donors (Lipinski definition) is 1. The lowest BCUT2D eigenvalue weighted by Crippen LogP contribution is -2.61. The van der Waals surface area contributed by atoms with Gasteiger partial charge in [0.1, 0.15) is 10.3 Å². The first-order valence-electron chi connectivity index (χ1n) is 8.88. The molecule has 0 aromatic carbocycles. The zero-order valence-electron chi connectivity index (χ0n) is 15.6. The Balaban J connectivity index is 1.80. The van der Waals surface area contributed by atoms with E-state index in [1.165, 1.54) is 12.1 Å². The molecule has 2 aliphatic rings. The lowest BCUT2D eigenvalue weighted by atomic mass is 10.2. The monoisotopic (exact) mass is 487 g/mol. The van der Waals surface area contributed by atoms with Crippen LogP contribution >= 0.6 is 22.9 Å². The van der Waals surface area contributed by atoms with Crippen molar-refractivity contribution in [2.24, 2.45) is 0 Å². The molecular formula is C15H22ClN3O7S3. The summed E-state index contributed by atoms with van der Waals surface area (Å²) in [5, 5.41) is 0. The van der Waals surface area contributed by atoms with Crippen LogP contribution < -0.4 is 5.48 Å². The zero-order chi connectivity index (χ0) is 21.2. The number of nitrogens with zero attached hydrogens (tertiary/aromatic N) is 2. The second-order valence-corrected chi connectivity index (χ2v) is 12.5. The van der Waals surface area contributed by atoms with Gasteiger partial charge < -0.3 is 4.74 Å². The average Bonchev–Trinajstić information content (AvgIpc) is 3.13. The van der Waals surface area contributed by atoms with Crippen molar-refractivity contribution in [3.8, 4) is 0 Å². The van der Waals surface area contributed by atoms with Crippen molar-refractivity contribution in [2.75, 3.05) is 32.5 Å². The number of halogens is 1. The van der Waals surface area contributed by atoms with Gasteiger partial charge in [-0.2, -0.15) is 8.61 Å². The first-order valence-corrected chi connectivity index (χ1v) is 13.4. The first-order chi connectivity index (χ1) is 13.6. The highest BCUT2D eigenvalue weighted by Gasteiger charge is 2.43. The van der Waals surface area contributed by atoms with E-state index in [0.29, 0.717) is 13.0 Å². The maximum atomic E-state index is 13.0. The third kappa shape index (κ3) is 5.47. The molecule has 2 fully saturated rings. The Hall–Kier alpha value is -0.800. The Morgan fingerprint density at radius 2 is 2.03 bits per heavy atom. The van der Waals surface area contributed by atoms with Crippen LogP contribution in [0.25, 0.3) is 0 Å². The van der Waals surface area contributed by atoms with Crippen molar-refractivity contribution in [2.45, 2.75) is 35.8 Å². The summed E-state index contributed by atoms with van der Waals surface area (Å²) in [5.74, 6) is -0.765. The molecular weight excluding hydrogens is 466 g/mol. The fourth-order valence-corrected chi connectivity index (χ4v) is 7.10. The summed E-state index contributed by atoms with van der Waals surface area (Å²) < 4.78 is 57.7. The second-order valence-electron chi connectivity index (χ2n) is 6.69. The van der Waals surface area contributed by atoms with E-state index in [1.807, 2.05) is 0 Å². The van der Waals surface area contributed by atoms with Crippen molar-refractivity contribution in [1.29, 1.82) is 0 Å². The second kappa shape index (κ2) is 9.14. The maximum absolute atomic E-state index is 13.0. The molecule has 164 valence electrons. The minimum atomic E-state index is -4.05. The van der Waals surface area contributed by atoms with Gasteiger partial charge in [0.15, 0.2) is 6.29 Å². The molecule has 0 radical (unpaired) electrons. The number of carbonyl (C=O) groups excluding carboxylic acids is 1. The highest BCUT2D eigenvalue weighted by Crippen LogP contribution is 2.30. The minimum absolute atomic E-state index is 0.0235. The van der Waals surface area contributed by atoms with Crippen molar-refractivity contribution in [1.82, 2.24) is 14.1 Å². The van der Waals surface area contributed by atoms with Crippen molar-refractivity contribution < 1.29 is 31.2 Å². The Bertz CT molecular complexity index is 944. The number of sulfonamides is 2. The van der Waals surface area contributed by atoms with Gasteiger partial charge in [-0.1, -0.05) is 11.6 Å². The number of nitrogens with one attached hydrogen (secondary N) is 1. The molecule has 0 saturated carbocycles. The van der Waals surface area contributed by atoms with Gasteiger partial charge in [0, 0.05) is 32.7 Å². The van der Waals surface area contributed by atoms with Gasteiger partial charge in [0.2, 0.25) is 10.0 Å². The highest BCUT2D eigenvalue weighted by atomic mass is 35.5. The van der Waals surface area contributed by atoms with Gasteiger partial charge >= 0.3 is 0 Å². The molecule has 2 aliphatic heterocycles. The third-order valence-electron chi connectivity index (χ3n) is 4.61. The molecule has 3 rings (SSSR count). The molecule has 0 aliphatic carbocycles. The Labute approximate surface area is 178 Å². The molecule has 29 heavy (non-hydrogen) atoms. The summed E-state index contributed by atoms with van der Waals surface area (Å²) in [7, 11) is -7.66. The fourth-order valence-electron chi connectivity index (χ4n) is 3.09. The molecule has 14 heteroatoms. The molecule has 0 bridgehead atoms. The summed E-state index contributed by atoms with van der Waals surface area (Å²) in [4.78, 5) is 18.0. The summed E-state index contributed by atoms with van der Waals surface area (Å²) >= 11 is 6.72. The topological polar surface area (TPSA) is 122 Å². The van der Waals surface area contributed by atoms with E-state index in [2.05, 4.69) is 5.48 Å². The van der Waals surface area contributed by atoms with Crippen LogP contribution in [-0.4, -0.2) is 76.2 Å². The molecule has 2 saturated heterocycles. The standard InChI is InChI=1S/C15H22ClN3O7S3/c1-28(21,22)18-7-8-19(29(23,24)14-6-5-12(16)27-14)11(10-18)15(20)17-26-13-4-2-3-9-25-13/h5-6,11,13H,2-4,7-10H2,1H3,(H,17,20)/t11-,13-/m1/s1. The third-order valence-corrected chi connectivity index (χ3v) is 9.48. The number of hydrogen-bond acceptors (Lipinski definition) is 8. The van der Waals surface area contributed by atoms with Gasteiger partial charge in [-0.15, -0.1) is 11.3 Å². The largest absolute Gasteiger partial charge is 0.350 e. The van der Waals surface area contributed by atoms with E-state index in [4.69, 9.17) is 21.2 Å². The highest BCUT2D eigenvalue weighted by molar-refractivity contribution is 7.91. The van der Waals surface area contributed by atoms with E-state index >= 15 is 0 Å². The van der Waals surface area contributed by atoms with Gasteiger partial charge in [0.05, 0.1) is 10.6 Å². The van der Waals surface area contributed by atoms with Crippen LogP contribution in [0.2, 0.25) is 4.34 Å².